The lowest BCUT2D eigenvalue weighted by Gasteiger charge is -2.44. The minimum absolute atomic E-state index is 0.133. The number of hydrogen-bond donors (Lipinski definition) is 1. The highest BCUT2D eigenvalue weighted by Crippen LogP contribution is 2.32. The summed E-state index contributed by atoms with van der Waals surface area (Å²) in [4.78, 5) is 58.2. The Kier molecular flexibility index (Phi) is 8.74. The maximum atomic E-state index is 11.8. The van der Waals surface area contributed by atoms with Crippen molar-refractivity contribution in [2.24, 2.45) is 0 Å². The van der Waals surface area contributed by atoms with E-state index in [4.69, 9.17) is 28.4 Å². The average molecular weight is 468 g/mol. The van der Waals surface area contributed by atoms with Crippen molar-refractivity contribution in [3.8, 4) is 5.75 Å². The number of carbonyl (C=O) groups excluding carboxylic acids is 4. The second-order valence-electron chi connectivity index (χ2n) is 6.99. The number of aromatic carboxylic acids is 1. The monoisotopic (exact) mass is 468 g/mol. The van der Waals surface area contributed by atoms with Crippen LogP contribution < -0.4 is 4.74 Å². The second-order valence-corrected chi connectivity index (χ2v) is 6.99. The van der Waals surface area contributed by atoms with Gasteiger partial charge in [0.1, 0.15) is 24.0 Å². The number of carbonyl (C=O) groups is 5. The third-order valence-corrected chi connectivity index (χ3v) is 4.31. The van der Waals surface area contributed by atoms with Gasteiger partial charge >= 0.3 is 29.8 Å². The van der Waals surface area contributed by atoms with Gasteiger partial charge in [-0.1, -0.05) is 12.1 Å². The van der Waals surface area contributed by atoms with Crippen LogP contribution >= 0.6 is 0 Å². The molecule has 0 radical (unpaired) electrons. The molecule has 180 valence electrons. The summed E-state index contributed by atoms with van der Waals surface area (Å²) in [6.07, 6.45) is -6.97. The Hall–Kier alpha value is -3.67. The van der Waals surface area contributed by atoms with Gasteiger partial charge in [-0.3, -0.25) is 19.2 Å². The molecule has 12 heteroatoms. The van der Waals surface area contributed by atoms with Gasteiger partial charge in [-0.2, -0.15) is 0 Å². The van der Waals surface area contributed by atoms with E-state index in [2.05, 4.69) is 0 Å². The van der Waals surface area contributed by atoms with Crippen LogP contribution in [0.25, 0.3) is 0 Å². The highest BCUT2D eigenvalue weighted by molar-refractivity contribution is 5.90. The molecule has 0 saturated carbocycles. The highest BCUT2D eigenvalue weighted by Gasteiger charge is 2.53. The summed E-state index contributed by atoms with van der Waals surface area (Å²) in [6.45, 7) is 3.98. The van der Waals surface area contributed by atoms with Crippen molar-refractivity contribution in [1.29, 1.82) is 0 Å². The van der Waals surface area contributed by atoms with Crippen molar-refractivity contribution >= 4 is 29.8 Å². The van der Waals surface area contributed by atoms with E-state index in [1.165, 1.54) is 24.3 Å². The van der Waals surface area contributed by atoms with E-state index in [-0.39, 0.29) is 11.3 Å². The molecule has 0 aliphatic carbocycles. The molecule has 2 rings (SSSR count). The molecule has 1 aliphatic rings. The molecule has 1 fully saturated rings. The van der Waals surface area contributed by atoms with Crippen molar-refractivity contribution in [3.05, 3.63) is 29.8 Å². The normalized spacial score (nSPS) is 24.2. The van der Waals surface area contributed by atoms with Gasteiger partial charge < -0.3 is 33.5 Å². The molecule has 1 heterocycles. The Morgan fingerprint density at radius 3 is 1.91 bits per heavy atom. The number of hydrogen-bond acceptors (Lipinski definition) is 11. The first-order valence-electron chi connectivity index (χ1n) is 9.79. The maximum Gasteiger partial charge on any atom is 0.339 e. The quantitative estimate of drug-likeness (QED) is 0.423. The van der Waals surface area contributed by atoms with E-state index in [0.29, 0.717) is 0 Å². The van der Waals surface area contributed by atoms with Gasteiger partial charge in [0.2, 0.25) is 12.4 Å². The molecule has 1 saturated heterocycles. The van der Waals surface area contributed by atoms with Gasteiger partial charge in [0.15, 0.2) is 12.2 Å². The van der Waals surface area contributed by atoms with Gasteiger partial charge in [-0.25, -0.2) is 4.79 Å². The number of para-hydroxylation sites is 1. The van der Waals surface area contributed by atoms with Crippen molar-refractivity contribution in [2.45, 2.75) is 58.4 Å². The Labute approximate surface area is 188 Å². The smallest absolute Gasteiger partial charge is 0.339 e. The van der Waals surface area contributed by atoms with Crippen molar-refractivity contribution in [3.63, 3.8) is 0 Å². The first-order valence-corrected chi connectivity index (χ1v) is 9.79. The Bertz CT molecular complexity index is 910. The van der Waals surface area contributed by atoms with Crippen molar-refractivity contribution in [2.75, 3.05) is 6.61 Å². The highest BCUT2D eigenvalue weighted by atomic mass is 16.7. The summed E-state index contributed by atoms with van der Waals surface area (Å²) < 4.78 is 32.3. The van der Waals surface area contributed by atoms with Crippen LogP contribution in [0.4, 0.5) is 0 Å². The summed E-state index contributed by atoms with van der Waals surface area (Å²) in [6, 6.07) is 5.61. The van der Waals surface area contributed by atoms with Crippen LogP contribution in [-0.2, 0) is 42.9 Å². The topological polar surface area (TPSA) is 161 Å². The molecule has 33 heavy (non-hydrogen) atoms. The molecule has 0 spiro atoms. The zero-order valence-electron chi connectivity index (χ0n) is 18.3. The Morgan fingerprint density at radius 1 is 0.818 bits per heavy atom. The lowest BCUT2D eigenvalue weighted by atomic mass is 9.98. The molecular weight excluding hydrogens is 444 g/mol. The summed E-state index contributed by atoms with van der Waals surface area (Å²) in [5.74, 6) is -4.47. The molecule has 1 aromatic rings. The van der Waals surface area contributed by atoms with Crippen LogP contribution in [0.15, 0.2) is 24.3 Å². The Morgan fingerprint density at radius 2 is 1.36 bits per heavy atom. The largest absolute Gasteiger partial charge is 0.478 e. The second kappa shape index (κ2) is 11.3. The molecular formula is C21H24O12. The molecule has 0 unspecified atom stereocenters. The molecule has 1 aliphatic heterocycles. The van der Waals surface area contributed by atoms with Crippen LogP contribution in [0.1, 0.15) is 38.1 Å². The van der Waals surface area contributed by atoms with Gasteiger partial charge in [0, 0.05) is 27.7 Å². The fraction of sp³-hybridized carbons (Fsp3) is 0.476. The van der Waals surface area contributed by atoms with Crippen LogP contribution in [0.2, 0.25) is 0 Å². The number of esters is 4. The first-order chi connectivity index (χ1) is 15.5. The standard InChI is InChI=1S/C21H24O12/c1-10(22)28-9-16-17(29-11(2)23)18(30-12(3)24)19(31-13(4)25)21(33-16)32-15-8-6-5-7-14(15)20(26)27/h5-8,16-19,21H,9H2,1-4H3,(H,26,27)/t16-,17+,18-,19-,21+/m0/s1. The molecule has 0 amide bonds. The first kappa shape index (κ1) is 25.6. The average Bonchev–Trinajstić information content (AvgIpc) is 2.70. The van der Waals surface area contributed by atoms with E-state index >= 15 is 0 Å². The summed E-state index contributed by atoms with van der Waals surface area (Å²) in [7, 11) is 0. The molecule has 5 atom stereocenters. The number of carboxylic acid groups (broad SMARTS) is 1. The predicted molar refractivity (Wildman–Crippen MR) is 106 cm³/mol. The molecule has 1 N–H and O–H groups in total. The number of rotatable bonds is 8. The third-order valence-electron chi connectivity index (χ3n) is 4.31. The molecule has 0 aromatic heterocycles. The van der Waals surface area contributed by atoms with Crippen LogP contribution in [0, 0.1) is 0 Å². The van der Waals surface area contributed by atoms with Gasteiger partial charge in [0.25, 0.3) is 0 Å². The van der Waals surface area contributed by atoms with E-state index in [1.807, 2.05) is 0 Å². The lowest BCUT2D eigenvalue weighted by molar-refractivity contribution is -0.288. The van der Waals surface area contributed by atoms with E-state index in [0.717, 1.165) is 27.7 Å². The zero-order chi connectivity index (χ0) is 24.7. The summed E-state index contributed by atoms with van der Waals surface area (Å²) in [5.41, 5.74) is -0.217. The van der Waals surface area contributed by atoms with E-state index < -0.39 is 67.2 Å². The number of carboxylic acids is 1. The van der Waals surface area contributed by atoms with E-state index in [9.17, 15) is 29.1 Å². The van der Waals surface area contributed by atoms with E-state index in [1.54, 1.807) is 0 Å². The summed E-state index contributed by atoms with van der Waals surface area (Å²) >= 11 is 0. The predicted octanol–water partition coefficient (Wildman–Crippen LogP) is 0.847. The van der Waals surface area contributed by atoms with Gasteiger partial charge in [0.05, 0.1) is 0 Å². The van der Waals surface area contributed by atoms with Gasteiger partial charge in [-0.05, 0) is 12.1 Å². The minimum Gasteiger partial charge on any atom is -0.478 e. The maximum absolute atomic E-state index is 11.8. The van der Waals surface area contributed by atoms with Crippen molar-refractivity contribution < 1.29 is 57.5 Å². The molecule has 12 nitrogen and oxygen atoms in total. The number of ether oxygens (including phenoxy) is 6. The minimum atomic E-state index is -1.52. The zero-order valence-corrected chi connectivity index (χ0v) is 18.3. The fourth-order valence-corrected chi connectivity index (χ4v) is 3.15. The van der Waals surface area contributed by atoms with Crippen LogP contribution in [-0.4, -0.2) is 72.3 Å². The fourth-order valence-electron chi connectivity index (χ4n) is 3.15. The molecule has 0 bridgehead atoms. The van der Waals surface area contributed by atoms with Crippen LogP contribution in [0.3, 0.4) is 0 Å². The Balaban J connectivity index is 2.51. The van der Waals surface area contributed by atoms with Gasteiger partial charge in [-0.15, -0.1) is 0 Å². The SMILES string of the molecule is CC(=O)OC[C@@H]1O[C@@H](Oc2ccccc2C(=O)O)[C@@H](OC(C)=O)[C@@H](OC(C)=O)[C@@H]1OC(C)=O. The summed E-state index contributed by atoms with van der Waals surface area (Å²) in [5, 5.41) is 9.43. The third kappa shape index (κ3) is 7.17. The molecule has 1 aromatic carbocycles. The lowest BCUT2D eigenvalue weighted by Crippen LogP contribution is -2.63. The van der Waals surface area contributed by atoms with Crippen molar-refractivity contribution in [1.82, 2.24) is 0 Å². The van der Waals surface area contributed by atoms with Crippen LogP contribution in [0.5, 0.6) is 5.75 Å². The number of benzene rings is 1.